The number of aliphatic imine (C=N–C) groups is 1. The van der Waals surface area contributed by atoms with Crippen molar-refractivity contribution in [1.29, 1.82) is 0 Å². The quantitative estimate of drug-likeness (QED) is 0.396. The fraction of sp³-hybridized carbons (Fsp3) is 0.208. The molecule has 1 amide bonds. The number of hydrogen-bond donors (Lipinski definition) is 1. The highest BCUT2D eigenvalue weighted by Crippen LogP contribution is 2.42. The monoisotopic (exact) mass is 450 g/mol. The number of ether oxygens (including phenoxy) is 2. The number of phenols is 1. The van der Waals surface area contributed by atoms with Gasteiger partial charge in [0.05, 0.1) is 7.11 Å². The number of carbonyl (C=O) groups excluding carboxylic acids is 2. The van der Waals surface area contributed by atoms with Crippen LogP contribution < -0.4 is 4.74 Å². The lowest BCUT2D eigenvalue weighted by Gasteiger charge is -2.47. The molecule has 7 nitrogen and oxygen atoms in total. The SMILES string of the molecule is C=CC1=C(C(=O)OCc2ccc(OC)cc2)N2C(=O)C(N=Cc3ccccc3O)C2SC1. The van der Waals surface area contributed by atoms with Crippen molar-refractivity contribution in [3.8, 4) is 11.5 Å². The van der Waals surface area contributed by atoms with E-state index in [0.717, 1.165) is 5.56 Å². The number of fused-ring (bicyclic) bond motifs is 1. The number of allylic oxidation sites excluding steroid dienone is 1. The Hall–Kier alpha value is -3.52. The number of aromatic hydroxyl groups is 1. The number of carbonyl (C=O) groups is 2. The lowest BCUT2D eigenvalue weighted by Crippen LogP contribution is -2.64. The van der Waals surface area contributed by atoms with Gasteiger partial charge in [-0.3, -0.25) is 14.7 Å². The standard InChI is InChI=1S/C24H22N2O5S/c1-3-16-14-32-23-20(25-12-17-6-4-5-7-19(17)27)22(28)26(23)21(16)24(29)31-13-15-8-10-18(30-2)11-9-15/h3-12,20,23,27H,1,13-14H2,2H3. The summed E-state index contributed by atoms with van der Waals surface area (Å²) in [6, 6.07) is 13.3. The maximum absolute atomic E-state index is 12.9. The van der Waals surface area contributed by atoms with Gasteiger partial charge in [0, 0.05) is 17.5 Å². The number of thioether (sulfide) groups is 1. The average molecular weight is 451 g/mol. The molecule has 4 rings (SSSR count). The van der Waals surface area contributed by atoms with Crippen molar-refractivity contribution in [2.45, 2.75) is 18.0 Å². The summed E-state index contributed by atoms with van der Waals surface area (Å²) in [6.07, 6.45) is 3.07. The summed E-state index contributed by atoms with van der Waals surface area (Å²) >= 11 is 1.51. The van der Waals surface area contributed by atoms with Gasteiger partial charge in [-0.25, -0.2) is 4.79 Å². The molecule has 0 bridgehead atoms. The van der Waals surface area contributed by atoms with Gasteiger partial charge < -0.3 is 14.6 Å². The van der Waals surface area contributed by atoms with Gasteiger partial charge in [-0.2, -0.15) is 0 Å². The summed E-state index contributed by atoms with van der Waals surface area (Å²) in [4.78, 5) is 31.6. The first kappa shape index (κ1) is 21.7. The van der Waals surface area contributed by atoms with Crippen LogP contribution in [-0.4, -0.2) is 52.4 Å². The van der Waals surface area contributed by atoms with E-state index in [0.29, 0.717) is 22.6 Å². The molecule has 2 aliphatic rings. The van der Waals surface area contributed by atoms with Gasteiger partial charge >= 0.3 is 5.97 Å². The van der Waals surface area contributed by atoms with Crippen LogP contribution in [0.2, 0.25) is 0 Å². The highest BCUT2D eigenvalue weighted by molar-refractivity contribution is 8.00. The molecule has 1 saturated heterocycles. The van der Waals surface area contributed by atoms with E-state index in [4.69, 9.17) is 9.47 Å². The Morgan fingerprint density at radius 2 is 2.03 bits per heavy atom. The summed E-state index contributed by atoms with van der Waals surface area (Å²) in [6.45, 7) is 3.85. The molecule has 8 heteroatoms. The third kappa shape index (κ3) is 4.13. The number of methoxy groups -OCH3 is 1. The minimum Gasteiger partial charge on any atom is -0.507 e. The molecule has 1 N–H and O–H groups in total. The lowest BCUT2D eigenvalue weighted by molar-refractivity contribution is -0.151. The molecule has 2 unspecified atom stereocenters. The summed E-state index contributed by atoms with van der Waals surface area (Å²) in [5.41, 5.74) is 2.21. The Morgan fingerprint density at radius 3 is 2.72 bits per heavy atom. The van der Waals surface area contributed by atoms with Gasteiger partial charge in [-0.15, -0.1) is 11.8 Å². The molecule has 2 aromatic carbocycles. The number of phenolic OH excluding ortho intramolecular Hbond substituents is 1. The molecular formula is C24H22N2O5S. The van der Waals surface area contributed by atoms with Crippen LogP contribution in [0.1, 0.15) is 11.1 Å². The maximum atomic E-state index is 12.9. The van der Waals surface area contributed by atoms with E-state index in [2.05, 4.69) is 11.6 Å². The van der Waals surface area contributed by atoms with E-state index in [1.54, 1.807) is 49.6 Å². The molecule has 0 spiro atoms. The van der Waals surface area contributed by atoms with Gasteiger partial charge in [0.25, 0.3) is 5.91 Å². The number of esters is 1. The van der Waals surface area contributed by atoms with Crippen molar-refractivity contribution in [1.82, 2.24) is 4.90 Å². The molecule has 32 heavy (non-hydrogen) atoms. The molecule has 0 radical (unpaired) electrons. The van der Waals surface area contributed by atoms with Crippen molar-refractivity contribution >= 4 is 29.9 Å². The Balaban J connectivity index is 1.47. The first-order chi connectivity index (χ1) is 15.5. The zero-order valence-electron chi connectivity index (χ0n) is 17.4. The van der Waals surface area contributed by atoms with Crippen LogP contribution >= 0.6 is 11.8 Å². The number of para-hydroxylation sites is 1. The normalized spacial score (nSPS) is 20.0. The Morgan fingerprint density at radius 1 is 1.28 bits per heavy atom. The topological polar surface area (TPSA) is 88.4 Å². The summed E-state index contributed by atoms with van der Waals surface area (Å²) < 4.78 is 10.6. The molecule has 0 aromatic heterocycles. The number of rotatable bonds is 7. The molecule has 0 saturated carbocycles. The van der Waals surface area contributed by atoms with Crippen LogP contribution in [0.4, 0.5) is 0 Å². The summed E-state index contributed by atoms with van der Waals surface area (Å²) in [7, 11) is 1.58. The number of nitrogens with zero attached hydrogens (tertiary/aromatic N) is 2. The Labute approximate surface area is 190 Å². The molecule has 2 aromatic rings. The van der Waals surface area contributed by atoms with Crippen LogP contribution in [0.15, 0.2) is 77.4 Å². The zero-order valence-corrected chi connectivity index (χ0v) is 18.2. The summed E-state index contributed by atoms with van der Waals surface area (Å²) in [5, 5.41) is 9.59. The van der Waals surface area contributed by atoms with Gasteiger partial charge in [0.15, 0.2) is 6.04 Å². The highest BCUT2D eigenvalue weighted by atomic mass is 32.2. The molecule has 1 fully saturated rings. The highest BCUT2D eigenvalue weighted by Gasteiger charge is 2.53. The third-order valence-corrected chi connectivity index (χ3v) is 6.54. The lowest BCUT2D eigenvalue weighted by atomic mass is 10.0. The fourth-order valence-electron chi connectivity index (χ4n) is 3.47. The van der Waals surface area contributed by atoms with Crippen LogP contribution in [0.3, 0.4) is 0 Å². The first-order valence-electron chi connectivity index (χ1n) is 9.95. The molecule has 2 atom stereocenters. The van der Waals surface area contributed by atoms with Crippen LogP contribution in [-0.2, 0) is 20.9 Å². The van der Waals surface area contributed by atoms with Crippen molar-refractivity contribution in [2.75, 3.05) is 12.9 Å². The van der Waals surface area contributed by atoms with E-state index >= 15 is 0 Å². The predicted octanol–water partition coefficient (Wildman–Crippen LogP) is 3.29. The number of hydrogen-bond acceptors (Lipinski definition) is 7. The van der Waals surface area contributed by atoms with E-state index in [1.807, 2.05) is 12.1 Å². The minimum absolute atomic E-state index is 0.0749. The third-order valence-electron chi connectivity index (χ3n) is 5.25. The van der Waals surface area contributed by atoms with Gasteiger partial charge in [-0.05, 0) is 35.4 Å². The fourth-order valence-corrected chi connectivity index (χ4v) is 4.80. The second-order valence-electron chi connectivity index (χ2n) is 7.19. The summed E-state index contributed by atoms with van der Waals surface area (Å²) in [5.74, 6) is 0.466. The van der Waals surface area contributed by atoms with Crippen molar-refractivity contribution in [2.24, 2.45) is 4.99 Å². The van der Waals surface area contributed by atoms with E-state index in [-0.39, 0.29) is 29.3 Å². The second kappa shape index (κ2) is 9.32. The van der Waals surface area contributed by atoms with Crippen molar-refractivity contribution in [3.63, 3.8) is 0 Å². The van der Waals surface area contributed by atoms with E-state index < -0.39 is 12.0 Å². The second-order valence-corrected chi connectivity index (χ2v) is 8.30. The van der Waals surface area contributed by atoms with Crippen molar-refractivity contribution < 1.29 is 24.2 Å². The molecule has 2 aliphatic heterocycles. The molecule has 164 valence electrons. The van der Waals surface area contributed by atoms with Crippen molar-refractivity contribution in [3.05, 3.63) is 83.6 Å². The maximum Gasteiger partial charge on any atom is 0.355 e. The Kier molecular flexibility index (Phi) is 6.32. The van der Waals surface area contributed by atoms with E-state index in [9.17, 15) is 14.7 Å². The number of amides is 1. The van der Waals surface area contributed by atoms with Gasteiger partial charge in [0.2, 0.25) is 0 Å². The van der Waals surface area contributed by atoms with Crippen LogP contribution in [0.5, 0.6) is 11.5 Å². The Bertz CT molecular complexity index is 1110. The number of benzene rings is 2. The zero-order chi connectivity index (χ0) is 22.7. The van der Waals surface area contributed by atoms with Crippen LogP contribution in [0, 0.1) is 0 Å². The van der Waals surface area contributed by atoms with Crippen LogP contribution in [0.25, 0.3) is 0 Å². The smallest absolute Gasteiger partial charge is 0.355 e. The molecular weight excluding hydrogens is 428 g/mol. The minimum atomic E-state index is -0.629. The van der Waals surface area contributed by atoms with Gasteiger partial charge in [0.1, 0.15) is 29.2 Å². The average Bonchev–Trinajstić information content (AvgIpc) is 2.83. The largest absolute Gasteiger partial charge is 0.507 e. The van der Waals surface area contributed by atoms with Gasteiger partial charge in [-0.1, -0.05) is 36.9 Å². The van der Waals surface area contributed by atoms with E-state index in [1.165, 1.54) is 22.9 Å². The first-order valence-corrected chi connectivity index (χ1v) is 11.0. The predicted molar refractivity (Wildman–Crippen MR) is 123 cm³/mol. The number of β-lactam (4-membered cyclic amide) rings is 1. The molecule has 2 heterocycles. The molecule has 0 aliphatic carbocycles.